The zero-order valence-corrected chi connectivity index (χ0v) is 14.4. The van der Waals surface area contributed by atoms with Crippen molar-refractivity contribution in [1.29, 1.82) is 0 Å². The van der Waals surface area contributed by atoms with Crippen molar-refractivity contribution < 1.29 is 22.4 Å². The number of nitrogens with one attached hydrogen (secondary N) is 1. The van der Waals surface area contributed by atoms with Crippen LogP contribution in [0.2, 0.25) is 0 Å². The topological polar surface area (TPSA) is 60.1 Å². The van der Waals surface area contributed by atoms with Crippen LogP contribution in [-0.4, -0.2) is 15.7 Å². The lowest BCUT2D eigenvalue weighted by atomic mass is 10.2. The van der Waals surface area contributed by atoms with Crippen LogP contribution in [0.25, 0.3) is 5.69 Å². The highest BCUT2D eigenvalue weighted by molar-refractivity contribution is 9.10. The first-order valence-electron chi connectivity index (χ1n) is 7.05. The number of aromatic nitrogens is 2. The normalized spacial score (nSPS) is 11.6. The summed E-state index contributed by atoms with van der Waals surface area (Å²) in [7, 11) is 0. The smallest absolute Gasteiger partial charge is 0.416 e. The Labute approximate surface area is 148 Å². The van der Waals surface area contributed by atoms with Gasteiger partial charge in [0, 0.05) is 6.07 Å². The van der Waals surface area contributed by atoms with E-state index in [-0.39, 0.29) is 17.3 Å². The maximum Gasteiger partial charge on any atom is 0.416 e. The SMILES string of the molecule is Cc1cc(NC(=O)c2ccc(Br)o2)n(-c2cccc(C(F)(F)F)c2)n1. The van der Waals surface area contributed by atoms with Crippen molar-refractivity contribution in [3.05, 3.63) is 64.2 Å². The van der Waals surface area contributed by atoms with Gasteiger partial charge in [-0.15, -0.1) is 0 Å². The molecule has 5 nitrogen and oxygen atoms in total. The lowest BCUT2D eigenvalue weighted by Gasteiger charge is -2.11. The highest BCUT2D eigenvalue weighted by Crippen LogP contribution is 2.31. The standard InChI is InChI=1S/C16H11BrF3N3O2/c1-9-7-14(21-15(24)12-5-6-13(17)25-12)23(22-9)11-4-2-3-10(8-11)16(18,19)20/h2-8H,1H3,(H,21,24). The lowest BCUT2D eigenvalue weighted by molar-refractivity contribution is -0.137. The second kappa shape index (κ2) is 6.40. The summed E-state index contributed by atoms with van der Waals surface area (Å²) in [5, 5.41) is 6.73. The molecule has 0 spiro atoms. The van der Waals surface area contributed by atoms with Crippen molar-refractivity contribution in [2.75, 3.05) is 5.32 Å². The summed E-state index contributed by atoms with van der Waals surface area (Å²) in [6, 6.07) is 9.27. The van der Waals surface area contributed by atoms with E-state index in [0.717, 1.165) is 12.1 Å². The number of rotatable bonds is 3. The van der Waals surface area contributed by atoms with E-state index in [2.05, 4.69) is 26.3 Å². The van der Waals surface area contributed by atoms with Gasteiger partial charge in [0.2, 0.25) is 0 Å². The van der Waals surface area contributed by atoms with E-state index in [9.17, 15) is 18.0 Å². The molecule has 0 atom stereocenters. The van der Waals surface area contributed by atoms with Crippen LogP contribution in [0.5, 0.6) is 0 Å². The minimum absolute atomic E-state index is 0.0568. The van der Waals surface area contributed by atoms with Crippen LogP contribution in [0.4, 0.5) is 19.0 Å². The Morgan fingerprint density at radius 1 is 1.24 bits per heavy atom. The van der Waals surface area contributed by atoms with Gasteiger partial charge in [-0.3, -0.25) is 4.79 Å². The second-order valence-corrected chi connectivity index (χ2v) is 5.97. The zero-order chi connectivity index (χ0) is 18.2. The minimum Gasteiger partial charge on any atom is -0.444 e. The quantitative estimate of drug-likeness (QED) is 0.670. The van der Waals surface area contributed by atoms with Gasteiger partial charge in [-0.1, -0.05) is 6.07 Å². The van der Waals surface area contributed by atoms with Crippen molar-refractivity contribution in [2.45, 2.75) is 13.1 Å². The van der Waals surface area contributed by atoms with E-state index in [1.54, 1.807) is 19.1 Å². The molecule has 1 N–H and O–H groups in total. The molecule has 0 saturated carbocycles. The molecule has 0 aliphatic carbocycles. The Balaban J connectivity index is 1.95. The van der Waals surface area contributed by atoms with Crippen LogP contribution < -0.4 is 5.32 Å². The van der Waals surface area contributed by atoms with Gasteiger partial charge in [-0.05, 0) is 53.2 Å². The van der Waals surface area contributed by atoms with Crippen molar-refractivity contribution >= 4 is 27.7 Å². The highest BCUT2D eigenvalue weighted by Gasteiger charge is 2.30. The molecule has 3 aromatic rings. The molecule has 25 heavy (non-hydrogen) atoms. The molecule has 0 fully saturated rings. The molecule has 0 radical (unpaired) electrons. The van der Waals surface area contributed by atoms with Crippen LogP contribution in [0.1, 0.15) is 21.8 Å². The van der Waals surface area contributed by atoms with Crippen molar-refractivity contribution in [1.82, 2.24) is 9.78 Å². The van der Waals surface area contributed by atoms with E-state index in [0.29, 0.717) is 10.4 Å². The molecule has 0 bridgehead atoms. The summed E-state index contributed by atoms with van der Waals surface area (Å²) in [4.78, 5) is 12.2. The second-order valence-electron chi connectivity index (χ2n) is 5.19. The maximum atomic E-state index is 12.9. The predicted molar refractivity (Wildman–Crippen MR) is 87.7 cm³/mol. The van der Waals surface area contributed by atoms with E-state index >= 15 is 0 Å². The summed E-state index contributed by atoms with van der Waals surface area (Å²) < 4.78 is 45.5. The van der Waals surface area contributed by atoms with Gasteiger partial charge in [0.1, 0.15) is 5.82 Å². The molecule has 3 rings (SSSR count). The van der Waals surface area contributed by atoms with Gasteiger partial charge >= 0.3 is 6.18 Å². The molecule has 2 aromatic heterocycles. The molecule has 1 amide bonds. The zero-order valence-electron chi connectivity index (χ0n) is 12.8. The van der Waals surface area contributed by atoms with Gasteiger partial charge in [-0.25, -0.2) is 4.68 Å². The molecule has 2 heterocycles. The predicted octanol–water partition coefficient (Wildman–Crippen LogP) is 4.81. The summed E-state index contributed by atoms with van der Waals surface area (Å²) >= 11 is 3.10. The molecule has 1 aromatic carbocycles. The van der Waals surface area contributed by atoms with Gasteiger partial charge < -0.3 is 9.73 Å². The number of nitrogens with zero attached hydrogens (tertiary/aromatic N) is 2. The van der Waals surface area contributed by atoms with Crippen molar-refractivity contribution in [3.63, 3.8) is 0 Å². The third-order valence-electron chi connectivity index (χ3n) is 3.29. The Kier molecular flexibility index (Phi) is 4.42. The number of carbonyl (C=O) groups is 1. The number of anilines is 1. The monoisotopic (exact) mass is 413 g/mol. The van der Waals surface area contributed by atoms with Gasteiger partial charge in [0.05, 0.1) is 16.9 Å². The Bertz CT molecular complexity index is 931. The number of halogens is 4. The summed E-state index contributed by atoms with van der Waals surface area (Å²) in [6.07, 6.45) is -4.47. The Morgan fingerprint density at radius 2 is 2.00 bits per heavy atom. The van der Waals surface area contributed by atoms with Gasteiger partial charge in [0.15, 0.2) is 10.4 Å². The maximum absolute atomic E-state index is 12.9. The molecule has 0 aliphatic rings. The average molecular weight is 414 g/mol. The number of benzene rings is 1. The molecular weight excluding hydrogens is 403 g/mol. The van der Waals surface area contributed by atoms with Crippen LogP contribution in [0.15, 0.2) is 51.6 Å². The van der Waals surface area contributed by atoms with Gasteiger partial charge in [0.25, 0.3) is 5.91 Å². The first kappa shape index (κ1) is 17.3. The minimum atomic E-state index is -4.47. The number of carbonyl (C=O) groups excluding carboxylic acids is 1. The summed E-state index contributed by atoms with van der Waals surface area (Å²) in [5.41, 5.74) is -0.0856. The molecule has 0 unspecified atom stereocenters. The highest BCUT2D eigenvalue weighted by atomic mass is 79.9. The molecular formula is C16H11BrF3N3O2. The number of aryl methyl sites for hydroxylation is 1. The fourth-order valence-electron chi connectivity index (χ4n) is 2.21. The largest absolute Gasteiger partial charge is 0.444 e. The fourth-order valence-corrected chi connectivity index (χ4v) is 2.52. The fraction of sp³-hybridized carbons (Fsp3) is 0.125. The first-order valence-corrected chi connectivity index (χ1v) is 7.84. The number of alkyl halides is 3. The summed E-state index contributed by atoms with van der Waals surface area (Å²) in [5.74, 6) is -0.255. The van der Waals surface area contributed by atoms with E-state index < -0.39 is 17.6 Å². The average Bonchev–Trinajstić information content (AvgIpc) is 3.12. The van der Waals surface area contributed by atoms with Crippen LogP contribution in [0, 0.1) is 6.92 Å². The third-order valence-corrected chi connectivity index (χ3v) is 3.71. The van der Waals surface area contributed by atoms with Crippen LogP contribution >= 0.6 is 15.9 Å². The van der Waals surface area contributed by atoms with Crippen LogP contribution in [-0.2, 0) is 6.18 Å². The Morgan fingerprint density at radius 3 is 2.64 bits per heavy atom. The first-order chi connectivity index (χ1) is 11.7. The van der Waals surface area contributed by atoms with E-state index in [4.69, 9.17) is 4.42 Å². The molecule has 9 heteroatoms. The molecule has 0 saturated heterocycles. The van der Waals surface area contributed by atoms with E-state index in [1.165, 1.54) is 22.9 Å². The number of hydrogen-bond donors (Lipinski definition) is 1. The van der Waals surface area contributed by atoms with Crippen molar-refractivity contribution in [2.24, 2.45) is 0 Å². The number of hydrogen-bond acceptors (Lipinski definition) is 3. The number of amides is 1. The summed E-state index contributed by atoms with van der Waals surface area (Å²) in [6.45, 7) is 1.67. The van der Waals surface area contributed by atoms with E-state index in [1.807, 2.05) is 0 Å². The van der Waals surface area contributed by atoms with Gasteiger partial charge in [-0.2, -0.15) is 18.3 Å². The molecule has 130 valence electrons. The third kappa shape index (κ3) is 3.76. The number of furan rings is 1. The van der Waals surface area contributed by atoms with Crippen molar-refractivity contribution in [3.8, 4) is 5.69 Å². The molecule has 0 aliphatic heterocycles. The van der Waals surface area contributed by atoms with Crippen LogP contribution in [0.3, 0.4) is 0 Å². The lowest BCUT2D eigenvalue weighted by Crippen LogP contribution is -2.15. The Hall–Kier alpha value is -2.55.